The fourth-order valence-corrected chi connectivity index (χ4v) is 2.20. The average Bonchev–Trinajstić information content (AvgIpc) is 2.93. The molecule has 0 saturated carbocycles. The number of nitrogens with zero attached hydrogens (tertiary/aromatic N) is 1. The van der Waals surface area contributed by atoms with E-state index in [2.05, 4.69) is 0 Å². The number of amides is 1. The van der Waals surface area contributed by atoms with Crippen LogP contribution in [-0.2, 0) is 4.74 Å². The second-order valence-electron chi connectivity index (χ2n) is 3.81. The molecule has 14 heavy (non-hydrogen) atoms. The topological polar surface area (TPSA) is 42.7 Å². The number of fused-ring (bicyclic) bond motifs is 2. The van der Waals surface area contributed by atoms with Gasteiger partial charge in [-0.05, 0) is 12.5 Å². The van der Waals surface area contributed by atoms with Crippen LogP contribution in [0, 0.1) is 0 Å². The van der Waals surface area contributed by atoms with Crippen LogP contribution in [0.5, 0.6) is 0 Å². The lowest BCUT2D eigenvalue weighted by Crippen LogP contribution is -2.41. The molecule has 1 aromatic heterocycles. The smallest absolute Gasteiger partial charge is 0.257 e. The number of carbonyl (C=O) groups is 1. The van der Waals surface area contributed by atoms with Crippen LogP contribution in [0.1, 0.15) is 16.8 Å². The number of hydrogen-bond acceptors (Lipinski definition) is 3. The molecule has 2 aliphatic rings. The Morgan fingerprint density at radius 2 is 2.50 bits per heavy atom. The fourth-order valence-electron chi connectivity index (χ4n) is 2.20. The Morgan fingerprint density at radius 1 is 1.57 bits per heavy atom. The molecule has 4 heteroatoms. The van der Waals surface area contributed by atoms with Gasteiger partial charge in [-0.1, -0.05) is 0 Å². The Morgan fingerprint density at radius 3 is 3.07 bits per heavy atom. The number of rotatable bonds is 1. The van der Waals surface area contributed by atoms with Gasteiger partial charge < -0.3 is 14.1 Å². The van der Waals surface area contributed by atoms with Crippen LogP contribution >= 0.6 is 0 Å². The van der Waals surface area contributed by atoms with Crippen molar-refractivity contribution in [1.29, 1.82) is 0 Å². The molecule has 2 saturated heterocycles. The Hall–Kier alpha value is -1.29. The van der Waals surface area contributed by atoms with Gasteiger partial charge in [0, 0.05) is 6.54 Å². The average molecular weight is 193 g/mol. The lowest BCUT2D eigenvalue weighted by molar-refractivity contribution is 0.0258. The summed E-state index contributed by atoms with van der Waals surface area (Å²) >= 11 is 0. The third-order valence-electron chi connectivity index (χ3n) is 2.93. The highest BCUT2D eigenvalue weighted by Crippen LogP contribution is 2.28. The van der Waals surface area contributed by atoms with Crippen molar-refractivity contribution >= 4 is 5.91 Å². The molecule has 2 bridgehead atoms. The van der Waals surface area contributed by atoms with Crippen LogP contribution in [0.15, 0.2) is 23.0 Å². The summed E-state index contributed by atoms with van der Waals surface area (Å²) in [6, 6.07) is 1.98. The molecule has 2 unspecified atom stereocenters. The van der Waals surface area contributed by atoms with Gasteiger partial charge >= 0.3 is 0 Å². The monoisotopic (exact) mass is 193 g/mol. The van der Waals surface area contributed by atoms with E-state index in [0.717, 1.165) is 13.0 Å². The van der Waals surface area contributed by atoms with Crippen LogP contribution in [-0.4, -0.2) is 36.1 Å². The summed E-state index contributed by atoms with van der Waals surface area (Å²) in [5.74, 6) is 0.0644. The minimum Gasteiger partial charge on any atom is -0.472 e. The highest BCUT2D eigenvalue weighted by atomic mass is 16.5. The Kier molecular flexibility index (Phi) is 1.64. The van der Waals surface area contributed by atoms with Crippen molar-refractivity contribution in [3.05, 3.63) is 24.2 Å². The molecule has 2 fully saturated rings. The van der Waals surface area contributed by atoms with Gasteiger partial charge in [0.25, 0.3) is 5.91 Å². The Bertz CT molecular complexity index is 346. The predicted molar refractivity (Wildman–Crippen MR) is 47.9 cm³/mol. The standard InChI is InChI=1S/C10H11NO3/c12-10(7-1-2-13-5-7)11-4-9-3-8(11)6-14-9/h1-2,5,8-9H,3-4,6H2. The SMILES string of the molecule is O=C(c1ccoc1)N1CC2CC1CO2. The molecule has 4 nitrogen and oxygen atoms in total. The van der Waals surface area contributed by atoms with E-state index in [4.69, 9.17) is 9.15 Å². The highest BCUT2D eigenvalue weighted by Gasteiger charge is 2.41. The van der Waals surface area contributed by atoms with E-state index in [0.29, 0.717) is 12.2 Å². The van der Waals surface area contributed by atoms with Crippen LogP contribution in [0.3, 0.4) is 0 Å². The maximum atomic E-state index is 11.9. The lowest BCUT2D eigenvalue weighted by Gasteiger charge is -2.26. The van der Waals surface area contributed by atoms with E-state index in [1.165, 1.54) is 12.5 Å². The van der Waals surface area contributed by atoms with Crippen molar-refractivity contribution in [2.24, 2.45) is 0 Å². The number of morpholine rings is 1. The van der Waals surface area contributed by atoms with Crippen LogP contribution in [0.25, 0.3) is 0 Å². The molecule has 1 aromatic rings. The summed E-state index contributed by atoms with van der Waals surface area (Å²) in [7, 11) is 0. The van der Waals surface area contributed by atoms with E-state index in [1.54, 1.807) is 6.07 Å². The lowest BCUT2D eigenvalue weighted by atomic mass is 10.2. The molecular formula is C10H11NO3. The molecule has 0 aliphatic carbocycles. The zero-order valence-electron chi connectivity index (χ0n) is 7.68. The van der Waals surface area contributed by atoms with Gasteiger partial charge in [-0.15, -0.1) is 0 Å². The second kappa shape index (κ2) is 2.85. The summed E-state index contributed by atoms with van der Waals surface area (Å²) in [6.45, 7) is 1.42. The second-order valence-corrected chi connectivity index (χ2v) is 3.81. The molecule has 2 atom stereocenters. The Balaban J connectivity index is 1.81. The highest BCUT2D eigenvalue weighted by molar-refractivity contribution is 5.94. The van der Waals surface area contributed by atoms with Crippen LogP contribution in [0.4, 0.5) is 0 Å². The predicted octanol–water partition coefficient (Wildman–Crippen LogP) is 0.893. The summed E-state index contributed by atoms with van der Waals surface area (Å²) < 4.78 is 10.3. The largest absolute Gasteiger partial charge is 0.472 e. The van der Waals surface area contributed by atoms with E-state index in [-0.39, 0.29) is 18.1 Å². The van der Waals surface area contributed by atoms with Crippen molar-refractivity contribution < 1.29 is 13.9 Å². The summed E-state index contributed by atoms with van der Waals surface area (Å²) in [4.78, 5) is 13.8. The normalized spacial score (nSPS) is 29.9. The van der Waals surface area contributed by atoms with E-state index < -0.39 is 0 Å². The van der Waals surface area contributed by atoms with Crippen LogP contribution < -0.4 is 0 Å². The van der Waals surface area contributed by atoms with Crippen molar-refractivity contribution in [2.75, 3.05) is 13.2 Å². The van der Waals surface area contributed by atoms with Gasteiger partial charge in [0.1, 0.15) is 6.26 Å². The Labute approximate surface area is 81.4 Å². The van der Waals surface area contributed by atoms with Gasteiger partial charge in [0.2, 0.25) is 0 Å². The van der Waals surface area contributed by atoms with Crippen LogP contribution in [0.2, 0.25) is 0 Å². The molecule has 3 heterocycles. The van der Waals surface area contributed by atoms with Gasteiger partial charge in [-0.25, -0.2) is 0 Å². The molecule has 0 radical (unpaired) electrons. The van der Waals surface area contributed by atoms with Crippen molar-refractivity contribution in [1.82, 2.24) is 4.90 Å². The molecule has 3 rings (SSSR count). The number of furan rings is 1. The number of likely N-dealkylation sites (tertiary alicyclic amines) is 1. The van der Waals surface area contributed by atoms with Gasteiger partial charge in [-0.3, -0.25) is 4.79 Å². The summed E-state index contributed by atoms with van der Waals surface area (Å²) in [5, 5.41) is 0. The first-order valence-corrected chi connectivity index (χ1v) is 4.79. The van der Waals surface area contributed by atoms with Gasteiger partial charge in [-0.2, -0.15) is 0 Å². The van der Waals surface area contributed by atoms with E-state index in [9.17, 15) is 4.79 Å². The van der Waals surface area contributed by atoms with Crippen molar-refractivity contribution in [2.45, 2.75) is 18.6 Å². The molecule has 0 aromatic carbocycles. The number of hydrogen-bond donors (Lipinski definition) is 0. The fraction of sp³-hybridized carbons (Fsp3) is 0.500. The maximum absolute atomic E-state index is 11.9. The van der Waals surface area contributed by atoms with Gasteiger partial charge in [0.05, 0.1) is 30.6 Å². The molecule has 2 aliphatic heterocycles. The molecule has 0 spiro atoms. The van der Waals surface area contributed by atoms with E-state index in [1.807, 2.05) is 4.90 Å². The van der Waals surface area contributed by atoms with Gasteiger partial charge in [0.15, 0.2) is 0 Å². The molecular weight excluding hydrogens is 182 g/mol. The zero-order chi connectivity index (χ0) is 9.54. The van der Waals surface area contributed by atoms with Crippen molar-refractivity contribution in [3.8, 4) is 0 Å². The first-order valence-electron chi connectivity index (χ1n) is 4.79. The molecule has 1 amide bonds. The van der Waals surface area contributed by atoms with E-state index >= 15 is 0 Å². The third kappa shape index (κ3) is 1.07. The number of ether oxygens (including phenoxy) is 1. The number of carbonyl (C=O) groups excluding carboxylic acids is 1. The first-order chi connectivity index (χ1) is 6.84. The maximum Gasteiger partial charge on any atom is 0.257 e. The first kappa shape index (κ1) is 8.05. The zero-order valence-corrected chi connectivity index (χ0v) is 7.68. The van der Waals surface area contributed by atoms with Crippen molar-refractivity contribution in [3.63, 3.8) is 0 Å². The summed E-state index contributed by atoms with van der Waals surface area (Å²) in [5.41, 5.74) is 0.637. The third-order valence-corrected chi connectivity index (χ3v) is 2.93. The molecule has 74 valence electrons. The quantitative estimate of drug-likeness (QED) is 0.665. The molecule has 0 N–H and O–H groups in total. The minimum absolute atomic E-state index is 0.0644. The minimum atomic E-state index is 0.0644. The summed E-state index contributed by atoms with van der Waals surface area (Å²) in [6.07, 6.45) is 4.27.